The number of hydrogen-bond acceptors (Lipinski definition) is 9. The highest BCUT2D eigenvalue weighted by molar-refractivity contribution is 7.75. The van der Waals surface area contributed by atoms with Gasteiger partial charge in [-0.3, -0.25) is 9.16 Å². The van der Waals surface area contributed by atoms with Crippen molar-refractivity contribution in [2.75, 3.05) is 47.8 Å². The van der Waals surface area contributed by atoms with Crippen molar-refractivity contribution in [1.29, 1.82) is 5.26 Å². The van der Waals surface area contributed by atoms with Crippen LogP contribution in [0, 0.1) is 43.7 Å². The van der Waals surface area contributed by atoms with Crippen molar-refractivity contribution in [3.05, 3.63) is 81.9 Å². The second kappa shape index (κ2) is 15.3. The van der Waals surface area contributed by atoms with Crippen LogP contribution in [0.1, 0.15) is 73.1 Å². The van der Waals surface area contributed by atoms with E-state index >= 15 is 4.39 Å². The number of benzene rings is 3. The molecule has 5 rings (SSSR count). The molecular weight excluding hydrogens is 675 g/mol. The number of carbonyl (C=O) groups is 2. The Bertz CT molecular complexity index is 1960. The van der Waals surface area contributed by atoms with Crippen molar-refractivity contribution in [2.24, 2.45) is 4.36 Å². The van der Waals surface area contributed by atoms with Crippen molar-refractivity contribution >= 4 is 39.7 Å². The van der Waals surface area contributed by atoms with Gasteiger partial charge >= 0.3 is 6.09 Å². The SMILES string of the molecule is Cc1cc(C)c(C(=O)N2CCN(c3cccc(F)c3[S-](=O)=NC(=O)OC(C)(C)C)C[C@@H]2C)c(C)c1NC1CCN(c2ccc(F)cc2C#N)CC1. The maximum absolute atomic E-state index is 15.1. The summed E-state index contributed by atoms with van der Waals surface area (Å²) in [6, 6.07) is 12.6. The number of halogens is 2. The van der Waals surface area contributed by atoms with Crippen molar-refractivity contribution < 1.29 is 27.3 Å². The first kappa shape index (κ1) is 37.6. The minimum absolute atomic E-state index is 0.0988. The number of nitriles is 1. The lowest BCUT2D eigenvalue weighted by atomic mass is 9.94. The molecule has 10 nitrogen and oxygen atoms in total. The third kappa shape index (κ3) is 8.44. The van der Waals surface area contributed by atoms with Gasteiger partial charge in [-0.1, -0.05) is 12.1 Å². The largest absolute Gasteiger partial charge is 0.444 e. The Labute approximate surface area is 300 Å². The Hall–Kier alpha value is -4.70. The Kier molecular flexibility index (Phi) is 11.2. The highest BCUT2D eigenvalue weighted by Gasteiger charge is 2.32. The summed E-state index contributed by atoms with van der Waals surface area (Å²) in [5.41, 5.74) is 4.90. The van der Waals surface area contributed by atoms with E-state index in [0.717, 1.165) is 40.9 Å². The Morgan fingerprint density at radius 2 is 1.69 bits per heavy atom. The van der Waals surface area contributed by atoms with E-state index in [1.165, 1.54) is 24.3 Å². The molecule has 13 heteroatoms. The molecule has 1 atom stereocenters. The first-order chi connectivity index (χ1) is 24.1. The number of hydrogen-bond donors (Lipinski definition) is 1. The van der Waals surface area contributed by atoms with Crippen molar-refractivity contribution in [1.82, 2.24) is 4.90 Å². The summed E-state index contributed by atoms with van der Waals surface area (Å²) >= 11 is 0. The van der Waals surface area contributed by atoms with Crippen LogP contribution in [0.5, 0.6) is 0 Å². The third-order valence-corrected chi connectivity index (χ3v) is 10.4. The number of rotatable bonds is 6. The van der Waals surface area contributed by atoms with Crippen LogP contribution in [-0.2, 0) is 19.5 Å². The van der Waals surface area contributed by atoms with E-state index in [1.807, 2.05) is 43.6 Å². The van der Waals surface area contributed by atoms with Crippen LogP contribution in [0.4, 0.5) is 30.6 Å². The van der Waals surface area contributed by atoms with E-state index in [1.54, 1.807) is 32.9 Å². The average Bonchev–Trinajstić information content (AvgIpc) is 3.05. The fourth-order valence-electron chi connectivity index (χ4n) is 7.01. The minimum atomic E-state index is -2.34. The number of amides is 2. The highest BCUT2D eigenvalue weighted by atomic mass is 32.2. The van der Waals surface area contributed by atoms with Crippen molar-refractivity contribution in [3.8, 4) is 6.07 Å². The summed E-state index contributed by atoms with van der Waals surface area (Å²) in [4.78, 5) is 32.1. The summed E-state index contributed by atoms with van der Waals surface area (Å²) in [6.45, 7) is 15.3. The number of ether oxygens (including phenoxy) is 1. The summed E-state index contributed by atoms with van der Waals surface area (Å²) < 4.78 is 50.7. The highest BCUT2D eigenvalue weighted by Crippen LogP contribution is 2.33. The fraction of sp³-hybridized carbons (Fsp3) is 0.447. The molecule has 1 N–H and O–H groups in total. The van der Waals surface area contributed by atoms with E-state index in [-0.39, 0.29) is 22.9 Å². The molecule has 3 aromatic carbocycles. The molecule has 0 unspecified atom stereocenters. The van der Waals surface area contributed by atoms with Gasteiger partial charge < -0.3 is 29.0 Å². The molecule has 0 aromatic heterocycles. The van der Waals surface area contributed by atoms with E-state index in [4.69, 9.17) is 4.74 Å². The molecule has 0 radical (unpaired) electrons. The van der Waals surface area contributed by atoms with Gasteiger partial charge in [-0.05, 0) is 113 Å². The van der Waals surface area contributed by atoms with E-state index in [2.05, 4.69) is 20.6 Å². The standard InChI is InChI=1S/C38H45F2N6O4S/c1-23-19-24(2)34(42-29-13-15-44(16-14-29)31-12-11-28(39)20-27(31)21-41)26(4)33(23)36(47)46-18-17-45(22-25(46)3)32-10-8-9-30(40)35(32)51(49)43-37(48)50-38(5,6)7/h8-12,19-20,25,29,42H,13-18,22H2,1-7H3/q-1/t25-/m0/s1. The zero-order valence-corrected chi connectivity index (χ0v) is 31.0. The number of carbonyl (C=O) groups excluding carboxylic acids is 2. The van der Waals surface area contributed by atoms with Gasteiger partial charge in [0.1, 0.15) is 23.3 Å². The van der Waals surface area contributed by atoms with E-state index < -0.39 is 33.9 Å². The third-order valence-electron chi connectivity index (χ3n) is 9.35. The zero-order valence-electron chi connectivity index (χ0n) is 30.2. The molecule has 3 aromatic rings. The molecule has 2 amide bonds. The van der Waals surface area contributed by atoms with Crippen LogP contribution in [0.3, 0.4) is 0 Å². The molecule has 2 fully saturated rings. The molecule has 0 spiro atoms. The second-order valence-electron chi connectivity index (χ2n) is 14.3. The monoisotopic (exact) mass is 719 g/mol. The van der Waals surface area contributed by atoms with Gasteiger partial charge in [0.2, 0.25) is 0 Å². The molecule has 272 valence electrons. The van der Waals surface area contributed by atoms with Crippen LogP contribution < -0.4 is 15.1 Å². The molecule has 51 heavy (non-hydrogen) atoms. The van der Waals surface area contributed by atoms with Crippen LogP contribution in [0.2, 0.25) is 0 Å². The Balaban J connectivity index is 1.30. The number of anilines is 3. The van der Waals surface area contributed by atoms with Gasteiger partial charge in [-0.2, -0.15) is 5.26 Å². The summed E-state index contributed by atoms with van der Waals surface area (Å²) in [6.07, 6.45) is 0.561. The predicted octanol–water partition coefficient (Wildman–Crippen LogP) is 7.63. The van der Waals surface area contributed by atoms with Crippen LogP contribution in [-0.4, -0.2) is 67.3 Å². The van der Waals surface area contributed by atoms with Gasteiger partial charge in [0.15, 0.2) is 0 Å². The molecule has 2 aliphatic rings. The lowest BCUT2D eigenvalue weighted by Gasteiger charge is -2.42. The number of nitrogens with zero attached hydrogens (tertiary/aromatic N) is 5. The zero-order chi connectivity index (χ0) is 37.2. The molecular formula is C38H45F2N6O4S-. The van der Waals surface area contributed by atoms with E-state index in [9.17, 15) is 23.5 Å². The Morgan fingerprint density at radius 3 is 2.33 bits per heavy atom. The van der Waals surface area contributed by atoms with Crippen molar-refractivity contribution in [3.63, 3.8) is 0 Å². The molecule has 0 saturated carbocycles. The second-order valence-corrected chi connectivity index (χ2v) is 15.4. The molecule has 0 bridgehead atoms. The lowest BCUT2D eigenvalue weighted by molar-refractivity contribution is 0.0606. The van der Waals surface area contributed by atoms with Crippen molar-refractivity contribution in [2.45, 2.75) is 83.9 Å². The van der Waals surface area contributed by atoms with Crippen LogP contribution in [0.25, 0.3) is 0 Å². The van der Waals surface area contributed by atoms with Crippen LogP contribution >= 0.6 is 0 Å². The molecule has 0 aliphatic carbocycles. The summed E-state index contributed by atoms with van der Waals surface area (Å²) in [5.74, 6) is -1.28. The van der Waals surface area contributed by atoms with Gasteiger partial charge in [0.05, 0.1) is 11.3 Å². The Morgan fingerprint density at radius 1 is 0.980 bits per heavy atom. The summed E-state index contributed by atoms with van der Waals surface area (Å²) in [5, 5.41) is 13.2. The first-order valence-corrected chi connectivity index (χ1v) is 18.2. The molecule has 2 aliphatic heterocycles. The smallest absolute Gasteiger partial charge is 0.410 e. The van der Waals surface area contributed by atoms with Crippen LogP contribution in [0.15, 0.2) is 51.7 Å². The van der Waals surface area contributed by atoms with Gasteiger partial charge in [-0.25, -0.2) is 13.6 Å². The topological polar surface area (TPSA) is 118 Å². The maximum atomic E-state index is 15.1. The molecule has 2 heterocycles. The quantitative estimate of drug-likeness (QED) is 0.259. The average molecular weight is 720 g/mol. The number of aryl methyl sites for hydroxylation is 2. The first-order valence-electron chi connectivity index (χ1n) is 17.1. The fourth-order valence-corrected chi connectivity index (χ4v) is 7.89. The van der Waals surface area contributed by atoms with E-state index in [0.29, 0.717) is 49.5 Å². The lowest BCUT2D eigenvalue weighted by Crippen LogP contribution is -2.54. The normalized spacial score (nSPS) is 17.6. The predicted molar refractivity (Wildman–Crippen MR) is 195 cm³/mol. The van der Waals surface area contributed by atoms with Gasteiger partial charge in [0.25, 0.3) is 5.91 Å². The number of piperidine rings is 1. The minimum Gasteiger partial charge on any atom is -0.444 e. The summed E-state index contributed by atoms with van der Waals surface area (Å²) in [7, 11) is -2.34. The number of piperazine rings is 1. The van der Waals surface area contributed by atoms with Gasteiger partial charge in [-0.15, -0.1) is 10.6 Å². The molecule has 2 saturated heterocycles. The van der Waals surface area contributed by atoms with Gasteiger partial charge in [0, 0.05) is 61.7 Å². The maximum Gasteiger partial charge on any atom is 0.410 e. The number of nitrogens with one attached hydrogen (secondary N) is 1.